The molecule has 0 amide bonds. The first-order chi connectivity index (χ1) is 9.54. The quantitative estimate of drug-likeness (QED) is 0.631. The van der Waals surface area contributed by atoms with Crippen LogP contribution in [0.15, 0.2) is 17.8 Å². The molecule has 8 heteroatoms. The molecule has 1 aromatic heterocycles. The van der Waals surface area contributed by atoms with Crippen molar-refractivity contribution < 1.29 is 9.55 Å². The van der Waals surface area contributed by atoms with Gasteiger partial charge in [-0.25, -0.2) is 4.63 Å². The van der Waals surface area contributed by atoms with E-state index in [9.17, 15) is 10.1 Å². The summed E-state index contributed by atoms with van der Waals surface area (Å²) in [5.41, 5.74) is 6.18. The van der Waals surface area contributed by atoms with E-state index in [1.165, 1.54) is 0 Å². The minimum absolute atomic E-state index is 0.0287. The number of nitrogens with zero attached hydrogens (tertiary/aromatic N) is 4. The van der Waals surface area contributed by atoms with Crippen LogP contribution in [0.5, 0.6) is 0 Å². The normalized spacial score (nSPS) is 16.1. The molecule has 0 atom stereocenters. The summed E-state index contributed by atoms with van der Waals surface area (Å²) in [4.78, 5) is 12.2. The molecule has 0 unspecified atom stereocenters. The fraction of sp³-hybridized carbons (Fsp3) is 0.500. The molecule has 0 radical (unpaired) electrons. The van der Waals surface area contributed by atoms with E-state index in [1.807, 2.05) is 4.90 Å². The molecule has 1 aliphatic rings. The summed E-state index contributed by atoms with van der Waals surface area (Å²) in [5, 5.41) is 18.0. The Balaban J connectivity index is 2.13. The number of nitro groups is 1. The standard InChI is InChI=1S/C12H17N5O3/c1-8(16-5-3-10(7-13)4-6-16)11-12(15-20-14-11)9(2)17(18)19/h10H,1-7,13H2. The third-order valence-corrected chi connectivity index (χ3v) is 3.59. The van der Waals surface area contributed by atoms with Gasteiger partial charge in [0.05, 0.1) is 10.6 Å². The van der Waals surface area contributed by atoms with Crippen molar-refractivity contribution in [3.8, 4) is 0 Å². The van der Waals surface area contributed by atoms with Gasteiger partial charge in [-0.05, 0) is 42.2 Å². The fourth-order valence-corrected chi connectivity index (χ4v) is 2.24. The van der Waals surface area contributed by atoms with Gasteiger partial charge < -0.3 is 10.6 Å². The number of likely N-dealkylation sites (tertiary alicyclic amines) is 1. The lowest BCUT2D eigenvalue weighted by Gasteiger charge is -2.33. The van der Waals surface area contributed by atoms with Crippen molar-refractivity contribution in [1.29, 1.82) is 0 Å². The molecular weight excluding hydrogens is 262 g/mol. The smallest absolute Gasteiger partial charge is 0.293 e. The number of nitrogens with two attached hydrogens (primary N) is 1. The van der Waals surface area contributed by atoms with E-state index in [0.717, 1.165) is 25.9 Å². The average molecular weight is 279 g/mol. The highest BCUT2D eigenvalue weighted by Crippen LogP contribution is 2.27. The Kier molecular flexibility index (Phi) is 4.14. The van der Waals surface area contributed by atoms with E-state index in [1.54, 1.807) is 0 Å². The van der Waals surface area contributed by atoms with Gasteiger partial charge in [-0.1, -0.05) is 6.58 Å². The lowest BCUT2D eigenvalue weighted by molar-refractivity contribution is -0.375. The minimum atomic E-state index is -0.614. The van der Waals surface area contributed by atoms with Gasteiger partial charge in [0.15, 0.2) is 5.69 Å². The maximum Gasteiger partial charge on any atom is 0.293 e. The molecule has 2 rings (SSSR count). The van der Waals surface area contributed by atoms with E-state index >= 15 is 0 Å². The topological polar surface area (TPSA) is 111 Å². The van der Waals surface area contributed by atoms with Crippen LogP contribution in [-0.4, -0.2) is 39.8 Å². The van der Waals surface area contributed by atoms with Crippen LogP contribution in [0.2, 0.25) is 0 Å². The van der Waals surface area contributed by atoms with Crippen LogP contribution in [0.1, 0.15) is 24.2 Å². The Morgan fingerprint density at radius 3 is 2.55 bits per heavy atom. The van der Waals surface area contributed by atoms with Gasteiger partial charge in [0, 0.05) is 13.1 Å². The first-order valence-corrected chi connectivity index (χ1v) is 6.35. The van der Waals surface area contributed by atoms with Gasteiger partial charge >= 0.3 is 0 Å². The largest absolute Gasteiger partial charge is 0.370 e. The Hall–Kier alpha value is -2.22. The second kappa shape index (κ2) is 5.83. The van der Waals surface area contributed by atoms with E-state index in [2.05, 4.69) is 28.1 Å². The third-order valence-electron chi connectivity index (χ3n) is 3.59. The van der Waals surface area contributed by atoms with Crippen LogP contribution < -0.4 is 5.73 Å². The maximum absolute atomic E-state index is 10.8. The molecule has 1 saturated heterocycles. The van der Waals surface area contributed by atoms with Gasteiger partial charge in [-0.2, -0.15) is 0 Å². The van der Waals surface area contributed by atoms with Crippen LogP contribution in [0.4, 0.5) is 0 Å². The van der Waals surface area contributed by atoms with Crippen LogP contribution in [0.3, 0.4) is 0 Å². The number of hydrogen-bond donors (Lipinski definition) is 1. The molecule has 2 N–H and O–H groups in total. The molecule has 1 aliphatic heterocycles. The van der Waals surface area contributed by atoms with Gasteiger partial charge in [-0.3, -0.25) is 10.1 Å². The molecular formula is C12H17N5O3. The van der Waals surface area contributed by atoms with E-state index in [-0.39, 0.29) is 17.1 Å². The minimum Gasteiger partial charge on any atom is -0.370 e. The number of rotatable bonds is 5. The van der Waals surface area contributed by atoms with Crippen molar-refractivity contribution in [3.63, 3.8) is 0 Å². The molecule has 0 aromatic carbocycles. The second-order valence-corrected chi connectivity index (χ2v) is 4.78. The highest BCUT2D eigenvalue weighted by Gasteiger charge is 2.28. The van der Waals surface area contributed by atoms with Crippen LogP contribution in [0, 0.1) is 16.0 Å². The molecule has 0 spiro atoms. The van der Waals surface area contributed by atoms with Crippen molar-refractivity contribution in [3.05, 3.63) is 34.7 Å². The first kappa shape index (κ1) is 14.2. The summed E-state index contributed by atoms with van der Waals surface area (Å²) in [6, 6.07) is 0. The Morgan fingerprint density at radius 2 is 2.00 bits per heavy atom. The van der Waals surface area contributed by atoms with Crippen molar-refractivity contribution in [1.82, 2.24) is 15.2 Å². The summed E-state index contributed by atoms with van der Waals surface area (Å²) in [6.07, 6.45) is 1.93. The predicted molar refractivity (Wildman–Crippen MR) is 72.7 cm³/mol. The summed E-state index contributed by atoms with van der Waals surface area (Å²) in [6.45, 7) is 9.57. The Morgan fingerprint density at radius 1 is 1.40 bits per heavy atom. The highest BCUT2D eigenvalue weighted by atomic mass is 16.6. The summed E-state index contributed by atoms with van der Waals surface area (Å²) in [5.74, 6) is 0.516. The van der Waals surface area contributed by atoms with Gasteiger partial charge in [0.2, 0.25) is 5.69 Å². The third kappa shape index (κ3) is 2.69. The zero-order chi connectivity index (χ0) is 14.7. The lowest BCUT2D eigenvalue weighted by Crippen LogP contribution is -2.35. The molecule has 8 nitrogen and oxygen atoms in total. The predicted octanol–water partition coefficient (Wildman–Crippen LogP) is 0.958. The van der Waals surface area contributed by atoms with Gasteiger partial charge in [-0.15, -0.1) is 0 Å². The van der Waals surface area contributed by atoms with Crippen molar-refractivity contribution >= 4 is 11.4 Å². The molecule has 2 heterocycles. The van der Waals surface area contributed by atoms with Crippen molar-refractivity contribution in [2.75, 3.05) is 19.6 Å². The SMILES string of the molecule is C=C(c1nonc1C(=C)[N+](=O)[O-])N1CCC(CN)CC1. The van der Waals surface area contributed by atoms with Crippen molar-refractivity contribution in [2.24, 2.45) is 11.7 Å². The summed E-state index contributed by atoms with van der Waals surface area (Å²) >= 11 is 0. The molecule has 0 saturated carbocycles. The Labute approximate surface area is 116 Å². The van der Waals surface area contributed by atoms with Gasteiger partial charge in [0.25, 0.3) is 5.70 Å². The van der Waals surface area contributed by atoms with Crippen LogP contribution >= 0.6 is 0 Å². The average Bonchev–Trinajstić information content (AvgIpc) is 2.94. The van der Waals surface area contributed by atoms with Crippen LogP contribution in [-0.2, 0) is 0 Å². The fourth-order valence-electron chi connectivity index (χ4n) is 2.24. The van der Waals surface area contributed by atoms with Gasteiger partial charge in [0.1, 0.15) is 0 Å². The monoisotopic (exact) mass is 279 g/mol. The number of hydrogen-bond acceptors (Lipinski definition) is 7. The number of aromatic nitrogens is 2. The summed E-state index contributed by atoms with van der Waals surface area (Å²) < 4.78 is 4.60. The van der Waals surface area contributed by atoms with E-state index in [4.69, 9.17) is 5.73 Å². The maximum atomic E-state index is 10.8. The Bertz CT molecular complexity index is 531. The molecule has 1 fully saturated rings. The molecule has 0 bridgehead atoms. The second-order valence-electron chi connectivity index (χ2n) is 4.78. The van der Waals surface area contributed by atoms with Crippen molar-refractivity contribution in [2.45, 2.75) is 12.8 Å². The summed E-state index contributed by atoms with van der Waals surface area (Å²) in [7, 11) is 0. The molecule has 20 heavy (non-hydrogen) atoms. The zero-order valence-corrected chi connectivity index (χ0v) is 11.1. The lowest BCUT2D eigenvalue weighted by atomic mass is 9.96. The van der Waals surface area contributed by atoms with Crippen LogP contribution in [0.25, 0.3) is 11.4 Å². The number of piperidine rings is 1. The highest BCUT2D eigenvalue weighted by molar-refractivity contribution is 5.69. The van der Waals surface area contributed by atoms with E-state index < -0.39 is 4.92 Å². The van der Waals surface area contributed by atoms with E-state index in [0.29, 0.717) is 18.2 Å². The molecule has 0 aliphatic carbocycles. The molecule has 108 valence electrons. The molecule has 1 aromatic rings. The zero-order valence-electron chi connectivity index (χ0n) is 11.1. The first-order valence-electron chi connectivity index (χ1n) is 6.35.